The second-order valence-electron chi connectivity index (χ2n) is 9.89. The van der Waals surface area contributed by atoms with Crippen LogP contribution in [-0.2, 0) is 37.9 Å². The van der Waals surface area contributed by atoms with Gasteiger partial charge in [0.15, 0.2) is 0 Å². The molecule has 0 radical (unpaired) electrons. The number of aromatic nitrogens is 2. The van der Waals surface area contributed by atoms with Gasteiger partial charge in [-0.3, -0.25) is 9.58 Å². The molecule has 2 bridgehead atoms. The van der Waals surface area contributed by atoms with Gasteiger partial charge in [0, 0.05) is 51.5 Å². The standard InChI is InChI=1S/C17H28N4O3S.2C2HF3O2/c1-13(2)4-5-21-12-17-11-20(9-14-7-18-19(3)8-14)10-15(24-17)6-16(17)25(21,22)23;2*3-2(4,5)1(6)7/h7-8,13,15-16H,4-6,9-12H2,1-3H3;2*(H,6,7)/t15-,16+,17+;;/m1../s1. The van der Waals surface area contributed by atoms with Crippen LogP contribution in [0.2, 0.25) is 0 Å². The SMILES string of the molecule is CC(C)CCN1C[C@@]23CN(Cc4cnn(C)c4)C[C@@H](C[C@@H]2S1(=O)=O)O3.O=C(O)C(F)(F)F.O=C(O)C(F)(F)F. The van der Waals surface area contributed by atoms with Crippen molar-refractivity contribution >= 4 is 22.0 Å². The van der Waals surface area contributed by atoms with E-state index in [1.807, 2.05) is 19.4 Å². The molecule has 0 amide bonds. The first kappa shape index (κ1) is 32.8. The first-order chi connectivity index (χ1) is 17.7. The van der Waals surface area contributed by atoms with E-state index in [9.17, 15) is 34.8 Å². The topological polar surface area (TPSA) is 142 Å². The van der Waals surface area contributed by atoms with E-state index in [1.165, 1.54) is 0 Å². The number of ether oxygens (including phenoxy) is 1. The van der Waals surface area contributed by atoms with Gasteiger partial charge in [-0.1, -0.05) is 13.8 Å². The lowest BCUT2D eigenvalue weighted by Crippen LogP contribution is -2.54. The zero-order valence-electron chi connectivity index (χ0n) is 21.2. The molecule has 0 aliphatic carbocycles. The summed E-state index contributed by atoms with van der Waals surface area (Å²) in [6.45, 7) is 7.65. The number of nitrogens with zero attached hydrogens (tertiary/aromatic N) is 4. The number of hydrogen-bond donors (Lipinski definition) is 2. The van der Waals surface area contributed by atoms with Gasteiger partial charge in [-0.15, -0.1) is 0 Å². The van der Waals surface area contributed by atoms with Crippen molar-refractivity contribution in [1.29, 1.82) is 0 Å². The van der Waals surface area contributed by atoms with Crippen molar-refractivity contribution in [1.82, 2.24) is 19.0 Å². The summed E-state index contributed by atoms with van der Waals surface area (Å²) in [5.41, 5.74) is 0.607. The number of likely N-dealkylation sites (tertiary alicyclic amines) is 1. The molecule has 1 spiro atoms. The number of alkyl halides is 6. The maximum atomic E-state index is 13.0. The van der Waals surface area contributed by atoms with Crippen LogP contribution in [0.4, 0.5) is 26.3 Å². The molecule has 39 heavy (non-hydrogen) atoms. The Labute approximate surface area is 220 Å². The molecule has 1 aromatic heterocycles. The van der Waals surface area contributed by atoms with Crippen molar-refractivity contribution in [2.75, 3.05) is 26.2 Å². The fourth-order valence-corrected chi connectivity index (χ4v) is 6.91. The lowest BCUT2D eigenvalue weighted by molar-refractivity contribution is -0.193. The van der Waals surface area contributed by atoms with E-state index in [0.29, 0.717) is 32.0 Å². The van der Waals surface area contributed by atoms with Crippen molar-refractivity contribution in [3.05, 3.63) is 18.0 Å². The molecule has 4 rings (SSSR count). The first-order valence-corrected chi connectivity index (χ1v) is 13.1. The molecule has 224 valence electrons. The number of morpholine rings is 1. The van der Waals surface area contributed by atoms with E-state index >= 15 is 0 Å². The van der Waals surface area contributed by atoms with Gasteiger partial charge in [-0.2, -0.15) is 35.7 Å². The van der Waals surface area contributed by atoms with Crippen LogP contribution in [-0.4, -0.2) is 105 Å². The Morgan fingerprint density at radius 3 is 2.10 bits per heavy atom. The highest BCUT2D eigenvalue weighted by atomic mass is 32.2. The number of carboxylic acid groups (broad SMARTS) is 2. The number of hydrogen-bond acceptors (Lipinski definition) is 7. The molecule has 18 heteroatoms. The molecule has 3 atom stereocenters. The molecule has 3 saturated heterocycles. The third kappa shape index (κ3) is 8.52. The monoisotopic (exact) mass is 596 g/mol. The van der Waals surface area contributed by atoms with E-state index in [1.54, 1.807) is 8.99 Å². The second-order valence-corrected chi connectivity index (χ2v) is 12.0. The molecule has 0 aromatic carbocycles. The molecule has 4 heterocycles. The number of carboxylic acids is 2. The van der Waals surface area contributed by atoms with Crippen LogP contribution in [0.25, 0.3) is 0 Å². The zero-order valence-corrected chi connectivity index (χ0v) is 22.1. The van der Waals surface area contributed by atoms with E-state index in [0.717, 1.165) is 25.1 Å². The lowest BCUT2D eigenvalue weighted by atomic mass is 9.99. The van der Waals surface area contributed by atoms with Crippen LogP contribution in [0.15, 0.2) is 12.4 Å². The van der Waals surface area contributed by atoms with Crippen LogP contribution in [0, 0.1) is 5.92 Å². The maximum absolute atomic E-state index is 13.0. The smallest absolute Gasteiger partial charge is 0.475 e. The molecule has 2 N–H and O–H groups in total. The van der Waals surface area contributed by atoms with Crippen LogP contribution < -0.4 is 0 Å². The molecule has 3 fully saturated rings. The Balaban J connectivity index is 0.000000317. The summed E-state index contributed by atoms with van der Waals surface area (Å²) >= 11 is 0. The highest BCUT2D eigenvalue weighted by Gasteiger charge is 2.64. The van der Waals surface area contributed by atoms with Crippen LogP contribution >= 0.6 is 0 Å². The second kappa shape index (κ2) is 12.0. The summed E-state index contributed by atoms with van der Waals surface area (Å²) < 4.78 is 99.2. The van der Waals surface area contributed by atoms with Gasteiger partial charge in [0.1, 0.15) is 10.9 Å². The molecule has 0 unspecified atom stereocenters. The zero-order chi connectivity index (χ0) is 30.0. The molecular formula is C21H30F6N4O7S. The quantitative estimate of drug-likeness (QED) is 0.489. The number of rotatable bonds is 5. The van der Waals surface area contributed by atoms with E-state index < -0.39 is 39.9 Å². The highest BCUT2D eigenvalue weighted by molar-refractivity contribution is 7.90. The maximum Gasteiger partial charge on any atom is 0.490 e. The van der Waals surface area contributed by atoms with Gasteiger partial charge < -0.3 is 14.9 Å². The van der Waals surface area contributed by atoms with Gasteiger partial charge in [0.05, 0.1) is 12.3 Å². The van der Waals surface area contributed by atoms with E-state index in [2.05, 4.69) is 23.8 Å². The molecule has 3 aliphatic heterocycles. The largest absolute Gasteiger partial charge is 0.490 e. The average molecular weight is 597 g/mol. The van der Waals surface area contributed by atoms with Crippen molar-refractivity contribution in [2.24, 2.45) is 13.0 Å². The van der Waals surface area contributed by atoms with Gasteiger partial charge in [0.2, 0.25) is 10.0 Å². The summed E-state index contributed by atoms with van der Waals surface area (Å²) in [4.78, 5) is 20.1. The molecule has 11 nitrogen and oxygen atoms in total. The van der Waals surface area contributed by atoms with Crippen molar-refractivity contribution < 1.29 is 59.3 Å². The average Bonchev–Trinajstić information content (AvgIpc) is 3.35. The Hall–Kier alpha value is -2.44. The predicted molar refractivity (Wildman–Crippen MR) is 122 cm³/mol. The van der Waals surface area contributed by atoms with E-state index in [4.69, 9.17) is 24.5 Å². The Morgan fingerprint density at radius 1 is 1.13 bits per heavy atom. The summed E-state index contributed by atoms with van der Waals surface area (Å²) in [6.07, 6.45) is -4.72. The third-order valence-corrected chi connectivity index (χ3v) is 8.56. The predicted octanol–water partition coefficient (Wildman–Crippen LogP) is 2.09. The minimum Gasteiger partial charge on any atom is -0.475 e. The van der Waals surface area contributed by atoms with E-state index in [-0.39, 0.29) is 11.4 Å². The first-order valence-electron chi connectivity index (χ1n) is 11.6. The van der Waals surface area contributed by atoms with Gasteiger partial charge in [-0.05, 0) is 18.8 Å². The van der Waals surface area contributed by atoms with Gasteiger partial charge in [0.25, 0.3) is 0 Å². The third-order valence-electron chi connectivity index (χ3n) is 6.19. The lowest BCUT2D eigenvalue weighted by Gasteiger charge is -2.39. The van der Waals surface area contributed by atoms with Crippen molar-refractivity contribution in [2.45, 2.75) is 62.5 Å². The number of carbonyl (C=O) groups is 2. The van der Waals surface area contributed by atoms with Crippen molar-refractivity contribution in [3.63, 3.8) is 0 Å². The summed E-state index contributed by atoms with van der Waals surface area (Å²) in [7, 11) is -1.34. The molecule has 3 aliphatic rings. The molecule has 0 saturated carbocycles. The van der Waals surface area contributed by atoms with Crippen molar-refractivity contribution in [3.8, 4) is 0 Å². The van der Waals surface area contributed by atoms with Gasteiger partial charge >= 0.3 is 24.3 Å². The number of sulfonamides is 1. The highest BCUT2D eigenvalue weighted by Crippen LogP contribution is 2.46. The Morgan fingerprint density at radius 2 is 1.67 bits per heavy atom. The molecule has 1 aromatic rings. The number of halogens is 6. The number of fused-ring (bicyclic) bond motifs is 1. The fraction of sp³-hybridized carbons (Fsp3) is 0.762. The van der Waals surface area contributed by atoms with Gasteiger partial charge in [-0.25, -0.2) is 18.0 Å². The summed E-state index contributed by atoms with van der Waals surface area (Å²) in [6, 6.07) is 0. The summed E-state index contributed by atoms with van der Waals surface area (Å²) in [5, 5.41) is 18.1. The Kier molecular flexibility index (Phi) is 10.1. The minimum atomic E-state index is -5.08. The molecular weight excluding hydrogens is 566 g/mol. The minimum absolute atomic E-state index is 0.0254. The number of aryl methyl sites for hydroxylation is 1. The number of aliphatic carboxylic acids is 2. The normalized spacial score (nSPS) is 26.3. The Bertz CT molecular complexity index is 1100. The van der Waals surface area contributed by atoms with Crippen LogP contribution in [0.1, 0.15) is 32.3 Å². The van der Waals surface area contributed by atoms with Crippen LogP contribution in [0.5, 0.6) is 0 Å². The van der Waals surface area contributed by atoms with Crippen LogP contribution in [0.3, 0.4) is 0 Å². The fourth-order valence-electron chi connectivity index (χ4n) is 4.58. The summed E-state index contributed by atoms with van der Waals surface area (Å²) in [5.74, 6) is -5.02.